The minimum Gasteiger partial charge on any atom is -0.465 e. The zero-order valence-electron chi connectivity index (χ0n) is 12.6. The highest BCUT2D eigenvalue weighted by Crippen LogP contribution is 2.40. The monoisotopic (exact) mass is 324 g/mol. The van der Waals surface area contributed by atoms with E-state index in [-0.39, 0.29) is 30.7 Å². The summed E-state index contributed by atoms with van der Waals surface area (Å²) in [4.78, 5) is 15.5. The van der Waals surface area contributed by atoms with E-state index < -0.39 is 0 Å². The van der Waals surface area contributed by atoms with E-state index in [0.29, 0.717) is 11.5 Å². The minimum atomic E-state index is -0.317. The van der Waals surface area contributed by atoms with Gasteiger partial charge in [-0.1, -0.05) is 5.16 Å². The van der Waals surface area contributed by atoms with Crippen LogP contribution in [0.2, 0.25) is 0 Å². The second-order valence-electron chi connectivity index (χ2n) is 5.60. The number of rotatable bonds is 3. The highest BCUT2D eigenvalue weighted by Gasteiger charge is 2.33. The molecule has 0 bridgehead atoms. The van der Waals surface area contributed by atoms with E-state index >= 15 is 0 Å². The molecule has 3 aromatic rings. The number of hydrogen-bond donors (Lipinski definition) is 0. The van der Waals surface area contributed by atoms with Crippen molar-refractivity contribution in [3.05, 3.63) is 60.4 Å². The lowest BCUT2D eigenvalue weighted by Gasteiger charge is -2.07. The third kappa shape index (κ3) is 2.56. The van der Waals surface area contributed by atoms with E-state index in [2.05, 4.69) is 10.1 Å². The molecule has 0 amide bonds. The van der Waals surface area contributed by atoms with Gasteiger partial charge >= 0.3 is 5.97 Å². The Hall–Kier alpha value is -3.02. The average molecular weight is 324 g/mol. The second-order valence-corrected chi connectivity index (χ2v) is 5.60. The Morgan fingerprint density at radius 3 is 2.46 bits per heavy atom. The quantitative estimate of drug-likeness (QED) is 0.689. The third-order valence-corrected chi connectivity index (χ3v) is 4.03. The predicted octanol–water partition coefficient (Wildman–Crippen LogP) is 3.57. The Morgan fingerprint density at radius 1 is 1.04 bits per heavy atom. The smallest absolute Gasteiger partial charge is 0.306 e. The molecule has 0 aliphatic carbocycles. The Bertz CT molecular complexity index is 875. The molecule has 1 aliphatic heterocycles. The van der Waals surface area contributed by atoms with Crippen molar-refractivity contribution < 1.29 is 18.4 Å². The lowest BCUT2D eigenvalue weighted by atomic mass is 9.94. The van der Waals surface area contributed by atoms with Gasteiger partial charge in [-0.25, -0.2) is 4.39 Å². The highest BCUT2D eigenvalue weighted by molar-refractivity contribution is 5.83. The Balaban J connectivity index is 1.86. The van der Waals surface area contributed by atoms with E-state index in [1.807, 2.05) is 12.1 Å². The Morgan fingerprint density at radius 2 is 1.79 bits per heavy atom. The van der Waals surface area contributed by atoms with Crippen LogP contribution in [0.4, 0.5) is 4.39 Å². The molecule has 0 saturated carbocycles. The number of halogens is 1. The summed E-state index contributed by atoms with van der Waals surface area (Å²) in [6.07, 6.45) is 3.61. The van der Waals surface area contributed by atoms with Gasteiger partial charge in [0.2, 0.25) is 0 Å². The number of cyclic esters (lactones) is 1. The summed E-state index contributed by atoms with van der Waals surface area (Å²) in [6.45, 7) is 0.273. The van der Waals surface area contributed by atoms with Gasteiger partial charge in [0, 0.05) is 18.0 Å². The van der Waals surface area contributed by atoms with Gasteiger partial charge in [-0.15, -0.1) is 0 Å². The SMILES string of the molecule is O=C1C[C@@H](c2onc(-c3ccc(F)cc3)c2-c2ccncc2)CO1. The molecule has 1 saturated heterocycles. The lowest BCUT2D eigenvalue weighted by Crippen LogP contribution is -1.98. The van der Waals surface area contributed by atoms with Crippen LogP contribution in [0.3, 0.4) is 0 Å². The van der Waals surface area contributed by atoms with Crippen molar-refractivity contribution in [3.63, 3.8) is 0 Å². The van der Waals surface area contributed by atoms with Crippen molar-refractivity contribution in [1.82, 2.24) is 10.1 Å². The normalized spacial score (nSPS) is 17.0. The van der Waals surface area contributed by atoms with E-state index in [9.17, 15) is 9.18 Å². The summed E-state index contributed by atoms with van der Waals surface area (Å²) in [5.41, 5.74) is 3.01. The molecule has 120 valence electrons. The van der Waals surface area contributed by atoms with Crippen LogP contribution >= 0.6 is 0 Å². The molecular weight excluding hydrogens is 311 g/mol. The summed E-state index contributed by atoms with van der Waals surface area (Å²) in [5.74, 6) is -0.142. The number of carbonyl (C=O) groups is 1. The van der Waals surface area contributed by atoms with Gasteiger partial charge in [0.15, 0.2) is 5.76 Å². The van der Waals surface area contributed by atoms with Crippen LogP contribution < -0.4 is 0 Å². The van der Waals surface area contributed by atoms with Crippen molar-refractivity contribution in [1.29, 1.82) is 0 Å². The average Bonchev–Trinajstić information content (AvgIpc) is 3.22. The zero-order chi connectivity index (χ0) is 16.5. The van der Waals surface area contributed by atoms with Gasteiger partial charge in [-0.05, 0) is 42.0 Å². The molecule has 6 heteroatoms. The van der Waals surface area contributed by atoms with Gasteiger partial charge in [0.25, 0.3) is 0 Å². The molecule has 0 spiro atoms. The molecular formula is C18H13FN2O3. The first-order valence-electron chi connectivity index (χ1n) is 7.54. The summed E-state index contributed by atoms with van der Waals surface area (Å²) >= 11 is 0. The summed E-state index contributed by atoms with van der Waals surface area (Å²) in [7, 11) is 0. The largest absolute Gasteiger partial charge is 0.465 e. The van der Waals surface area contributed by atoms with Crippen LogP contribution in [0, 0.1) is 5.82 Å². The molecule has 0 unspecified atom stereocenters. The van der Waals surface area contributed by atoms with Crippen molar-refractivity contribution in [2.24, 2.45) is 0 Å². The standard InChI is InChI=1S/C18H13FN2O3/c19-14-3-1-12(2-4-14)17-16(11-5-7-20-8-6-11)18(24-21-17)13-9-15(22)23-10-13/h1-8,13H,9-10H2/t13-/m1/s1. The van der Waals surface area contributed by atoms with Crippen LogP contribution in [-0.2, 0) is 9.53 Å². The number of pyridine rings is 1. The summed E-state index contributed by atoms with van der Waals surface area (Å²) in [6, 6.07) is 9.75. The van der Waals surface area contributed by atoms with Crippen LogP contribution in [0.5, 0.6) is 0 Å². The second kappa shape index (κ2) is 5.88. The van der Waals surface area contributed by atoms with Crippen LogP contribution in [0.1, 0.15) is 18.1 Å². The van der Waals surface area contributed by atoms with Crippen molar-refractivity contribution in [2.75, 3.05) is 6.61 Å². The maximum atomic E-state index is 13.2. The van der Waals surface area contributed by atoms with Crippen LogP contribution in [-0.4, -0.2) is 22.7 Å². The lowest BCUT2D eigenvalue weighted by molar-refractivity contribution is -0.137. The van der Waals surface area contributed by atoms with E-state index in [0.717, 1.165) is 16.7 Å². The van der Waals surface area contributed by atoms with Gasteiger partial charge in [-0.2, -0.15) is 0 Å². The zero-order valence-corrected chi connectivity index (χ0v) is 12.6. The highest BCUT2D eigenvalue weighted by atomic mass is 19.1. The summed E-state index contributed by atoms with van der Waals surface area (Å²) in [5, 5.41) is 4.18. The van der Waals surface area contributed by atoms with Gasteiger partial charge in [0.1, 0.15) is 18.1 Å². The molecule has 1 aliphatic rings. The van der Waals surface area contributed by atoms with Crippen molar-refractivity contribution in [3.8, 4) is 22.4 Å². The molecule has 0 N–H and O–H groups in total. The molecule has 4 rings (SSSR count). The van der Waals surface area contributed by atoms with E-state index in [4.69, 9.17) is 9.26 Å². The van der Waals surface area contributed by atoms with Gasteiger partial charge in [0.05, 0.1) is 17.9 Å². The maximum Gasteiger partial charge on any atom is 0.306 e. The first-order valence-corrected chi connectivity index (χ1v) is 7.54. The fourth-order valence-electron chi connectivity index (χ4n) is 2.86. The molecule has 1 fully saturated rings. The molecule has 24 heavy (non-hydrogen) atoms. The van der Waals surface area contributed by atoms with E-state index in [1.165, 1.54) is 12.1 Å². The first-order chi connectivity index (χ1) is 11.7. The van der Waals surface area contributed by atoms with Crippen LogP contribution in [0.25, 0.3) is 22.4 Å². The number of carbonyl (C=O) groups excluding carboxylic acids is 1. The number of hydrogen-bond acceptors (Lipinski definition) is 5. The van der Waals surface area contributed by atoms with Gasteiger partial charge < -0.3 is 9.26 Å². The number of aromatic nitrogens is 2. The molecule has 3 heterocycles. The van der Waals surface area contributed by atoms with Crippen LogP contribution in [0.15, 0.2) is 53.3 Å². The predicted molar refractivity (Wildman–Crippen MR) is 83.4 cm³/mol. The third-order valence-electron chi connectivity index (χ3n) is 4.03. The fraction of sp³-hybridized carbons (Fsp3) is 0.167. The van der Waals surface area contributed by atoms with Crippen molar-refractivity contribution >= 4 is 5.97 Å². The molecule has 0 radical (unpaired) electrons. The number of nitrogens with zero attached hydrogens (tertiary/aromatic N) is 2. The summed E-state index contributed by atoms with van der Waals surface area (Å²) < 4.78 is 23.8. The topological polar surface area (TPSA) is 65.2 Å². The molecule has 2 aromatic heterocycles. The number of benzene rings is 1. The molecule has 5 nitrogen and oxygen atoms in total. The van der Waals surface area contributed by atoms with Gasteiger partial charge in [-0.3, -0.25) is 9.78 Å². The molecule has 1 aromatic carbocycles. The number of ether oxygens (including phenoxy) is 1. The minimum absolute atomic E-state index is 0.178. The Kier molecular flexibility index (Phi) is 3.57. The number of esters is 1. The Labute approximate surface area is 137 Å². The fourth-order valence-corrected chi connectivity index (χ4v) is 2.86. The van der Waals surface area contributed by atoms with Crippen molar-refractivity contribution in [2.45, 2.75) is 12.3 Å². The molecule has 1 atom stereocenters. The maximum absolute atomic E-state index is 13.2. The van der Waals surface area contributed by atoms with E-state index in [1.54, 1.807) is 24.5 Å². The first kappa shape index (κ1) is 14.6.